The molecule has 2 aliphatic rings. The predicted octanol–water partition coefficient (Wildman–Crippen LogP) is 6.17. The highest BCUT2D eigenvalue weighted by Gasteiger charge is 2.45. The van der Waals surface area contributed by atoms with Crippen molar-refractivity contribution in [2.45, 2.75) is 43.9 Å². The van der Waals surface area contributed by atoms with Crippen LogP contribution in [0.1, 0.15) is 43.7 Å². The smallest absolute Gasteiger partial charge is 0.234 e. The number of aryl methyl sites for hydroxylation is 1. The van der Waals surface area contributed by atoms with Gasteiger partial charge in [-0.05, 0) is 48.1 Å². The van der Waals surface area contributed by atoms with Crippen molar-refractivity contribution in [2.24, 2.45) is 11.1 Å². The first-order valence-corrected chi connectivity index (χ1v) is 14.8. The van der Waals surface area contributed by atoms with Gasteiger partial charge in [-0.1, -0.05) is 78.9 Å². The maximum atomic E-state index is 13.7. The van der Waals surface area contributed by atoms with E-state index in [4.69, 9.17) is 17.3 Å². The van der Waals surface area contributed by atoms with Crippen molar-refractivity contribution in [1.82, 2.24) is 10.2 Å². The standard InChI is InChI=1S/C29H27ClN6O2S2/c1-16-7-4-5-10-19(16)24-20(14-31)26(32)36(21-12-29(2,3)13-22(37)25(21)24)27-34-35-28(40-27)39-15-23(38)33-18-9-6-8-17(30)11-18/h4-11,24H,12-13,15,32H2,1-3H3,(H,33,38). The maximum Gasteiger partial charge on any atom is 0.234 e. The molecule has 2 aromatic carbocycles. The number of benzene rings is 2. The number of ketones is 1. The highest BCUT2D eigenvalue weighted by atomic mass is 35.5. The summed E-state index contributed by atoms with van der Waals surface area (Å²) in [5.74, 6) is -0.394. The van der Waals surface area contributed by atoms with Gasteiger partial charge in [-0.2, -0.15) is 5.26 Å². The molecule has 1 aliphatic carbocycles. The molecule has 11 heteroatoms. The summed E-state index contributed by atoms with van der Waals surface area (Å²) in [4.78, 5) is 27.9. The van der Waals surface area contributed by atoms with Crippen LogP contribution < -0.4 is 16.0 Å². The molecule has 1 atom stereocenters. The number of nitrogens with two attached hydrogens (primary N) is 1. The zero-order valence-corrected chi connectivity index (χ0v) is 24.6. The number of thioether (sulfide) groups is 1. The van der Waals surface area contributed by atoms with Crippen LogP contribution in [0.3, 0.4) is 0 Å². The number of aromatic nitrogens is 2. The monoisotopic (exact) mass is 590 g/mol. The lowest BCUT2D eigenvalue weighted by Gasteiger charge is -2.42. The average molecular weight is 591 g/mol. The fraction of sp³-hybridized carbons (Fsp3) is 0.276. The lowest BCUT2D eigenvalue weighted by molar-refractivity contribution is -0.118. The number of amides is 1. The molecule has 0 bridgehead atoms. The van der Waals surface area contributed by atoms with E-state index >= 15 is 0 Å². The minimum absolute atomic E-state index is 0.00144. The van der Waals surface area contributed by atoms with Crippen LogP contribution in [0.5, 0.6) is 0 Å². The molecule has 1 aliphatic heterocycles. The third-order valence-electron chi connectivity index (χ3n) is 6.90. The number of nitrogens with one attached hydrogen (secondary N) is 1. The molecule has 0 spiro atoms. The van der Waals surface area contributed by atoms with E-state index in [0.29, 0.717) is 44.2 Å². The van der Waals surface area contributed by atoms with E-state index in [9.17, 15) is 14.9 Å². The molecule has 40 heavy (non-hydrogen) atoms. The summed E-state index contributed by atoms with van der Waals surface area (Å²) in [7, 11) is 0. The van der Waals surface area contributed by atoms with Crippen LogP contribution in [-0.4, -0.2) is 27.6 Å². The van der Waals surface area contributed by atoms with Gasteiger partial charge in [-0.25, -0.2) is 0 Å². The molecule has 1 unspecified atom stereocenters. The minimum Gasteiger partial charge on any atom is -0.384 e. The Kier molecular flexibility index (Phi) is 7.73. The summed E-state index contributed by atoms with van der Waals surface area (Å²) in [5, 5.41) is 22.7. The number of hydrogen-bond acceptors (Lipinski definition) is 9. The molecule has 3 N–H and O–H groups in total. The molecule has 0 saturated heterocycles. The van der Waals surface area contributed by atoms with Gasteiger partial charge in [0.1, 0.15) is 5.82 Å². The molecule has 0 fully saturated rings. The quantitative estimate of drug-likeness (QED) is 0.326. The van der Waals surface area contributed by atoms with Crippen LogP contribution >= 0.6 is 34.7 Å². The third-order valence-corrected chi connectivity index (χ3v) is 9.18. The van der Waals surface area contributed by atoms with Gasteiger partial charge in [0, 0.05) is 28.4 Å². The molecule has 0 saturated carbocycles. The van der Waals surface area contributed by atoms with Gasteiger partial charge in [-0.3, -0.25) is 14.5 Å². The Morgan fingerprint density at radius 3 is 2.75 bits per heavy atom. The summed E-state index contributed by atoms with van der Waals surface area (Å²) >= 11 is 8.50. The third kappa shape index (κ3) is 5.50. The number of carbonyl (C=O) groups excluding carboxylic acids is 2. The number of allylic oxidation sites excluding steroid dienone is 3. The van der Waals surface area contributed by atoms with Gasteiger partial charge < -0.3 is 11.1 Å². The largest absolute Gasteiger partial charge is 0.384 e. The number of nitrogens with zero attached hydrogens (tertiary/aromatic N) is 4. The van der Waals surface area contributed by atoms with Crippen molar-refractivity contribution in [2.75, 3.05) is 16.0 Å². The topological polar surface area (TPSA) is 125 Å². The normalized spacial score (nSPS) is 18.4. The summed E-state index contributed by atoms with van der Waals surface area (Å²) in [6.45, 7) is 6.08. The highest BCUT2D eigenvalue weighted by Crippen LogP contribution is 2.51. The van der Waals surface area contributed by atoms with Crippen molar-refractivity contribution in [1.29, 1.82) is 5.26 Å². The minimum atomic E-state index is -0.544. The molecular formula is C29H27ClN6O2S2. The van der Waals surface area contributed by atoms with Crippen LogP contribution in [0.4, 0.5) is 10.8 Å². The van der Waals surface area contributed by atoms with Crippen LogP contribution in [0, 0.1) is 23.7 Å². The summed E-state index contributed by atoms with van der Waals surface area (Å²) in [6, 6.07) is 17.0. The van der Waals surface area contributed by atoms with Gasteiger partial charge in [-0.15, -0.1) is 10.2 Å². The van der Waals surface area contributed by atoms with E-state index in [1.807, 2.05) is 31.2 Å². The number of rotatable bonds is 6. The Balaban J connectivity index is 1.47. The molecule has 204 valence electrons. The first-order chi connectivity index (χ1) is 19.1. The molecule has 3 aromatic rings. The molecule has 0 radical (unpaired) electrons. The number of Topliss-reactive ketones (excluding diaryl/α,β-unsaturated/α-hetero) is 1. The average Bonchev–Trinajstić information content (AvgIpc) is 3.35. The van der Waals surface area contributed by atoms with E-state index in [1.54, 1.807) is 29.2 Å². The number of nitriles is 1. The lowest BCUT2D eigenvalue weighted by atomic mass is 9.68. The second kappa shape index (κ2) is 11.1. The van der Waals surface area contributed by atoms with E-state index < -0.39 is 5.92 Å². The Labute approximate surface area is 245 Å². The molecule has 1 amide bonds. The van der Waals surface area contributed by atoms with Crippen LogP contribution in [0.2, 0.25) is 5.02 Å². The van der Waals surface area contributed by atoms with Gasteiger partial charge in [0.25, 0.3) is 0 Å². The Hall–Kier alpha value is -3.65. The summed E-state index contributed by atoms with van der Waals surface area (Å²) in [6.07, 6.45) is 0.958. The van der Waals surface area contributed by atoms with E-state index in [-0.39, 0.29) is 28.7 Å². The molecule has 2 heterocycles. The SMILES string of the molecule is Cc1ccccc1C1C(C#N)=C(N)N(c2nnc(SCC(=O)Nc3cccc(Cl)c3)s2)C2=C1C(=O)CC(C)(C)C2. The first-order valence-electron chi connectivity index (χ1n) is 12.6. The molecule has 5 rings (SSSR count). The second-order valence-corrected chi connectivity index (χ2v) is 13.1. The van der Waals surface area contributed by atoms with Crippen LogP contribution in [0.15, 0.2) is 75.5 Å². The van der Waals surface area contributed by atoms with Crippen LogP contribution in [0.25, 0.3) is 0 Å². The van der Waals surface area contributed by atoms with Gasteiger partial charge >= 0.3 is 0 Å². The van der Waals surface area contributed by atoms with Gasteiger partial charge in [0.15, 0.2) is 10.1 Å². The number of anilines is 2. The fourth-order valence-electron chi connectivity index (χ4n) is 5.19. The van der Waals surface area contributed by atoms with E-state index in [2.05, 4.69) is 35.4 Å². The fourth-order valence-corrected chi connectivity index (χ4v) is 7.06. The lowest BCUT2D eigenvalue weighted by Crippen LogP contribution is -2.42. The zero-order chi connectivity index (χ0) is 28.6. The van der Waals surface area contributed by atoms with Crippen molar-refractivity contribution in [3.8, 4) is 6.07 Å². The Bertz CT molecular complexity index is 1620. The van der Waals surface area contributed by atoms with Gasteiger partial charge in [0.05, 0.1) is 23.3 Å². The zero-order valence-electron chi connectivity index (χ0n) is 22.2. The van der Waals surface area contributed by atoms with Gasteiger partial charge in [0.2, 0.25) is 11.0 Å². The summed E-state index contributed by atoms with van der Waals surface area (Å²) < 4.78 is 0.562. The molecular weight excluding hydrogens is 564 g/mol. The number of carbonyl (C=O) groups is 2. The van der Waals surface area contributed by atoms with Crippen molar-refractivity contribution < 1.29 is 9.59 Å². The Morgan fingerprint density at radius 2 is 2.02 bits per heavy atom. The number of halogens is 1. The highest BCUT2D eigenvalue weighted by molar-refractivity contribution is 8.01. The van der Waals surface area contributed by atoms with Crippen molar-refractivity contribution >= 4 is 57.2 Å². The molecule has 1 aromatic heterocycles. The predicted molar refractivity (Wildman–Crippen MR) is 159 cm³/mol. The second-order valence-electron chi connectivity index (χ2n) is 10.5. The van der Waals surface area contributed by atoms with E-state index in [1.165, 1.54) is 23.1 Å². The Morgan fingerprint density at radius 1 is 1.25 bits per heavy atom. The number of hydrogen-bond donors (Lipinski definition) is 2. The first kappa shape index (κ1) is 27.9. The maximum absolute atomic E-state index is 13.7. The molecule has 8 nitrogen and oxygen atoms in total. The van der Waals surface area contributed by atoms with Crippen molar-refractivity contribution in [3.05, 3.63) is 87.3 Å². The summed E-state index contributed by atoms with van der Waals surface area (Å²) in [5.41, 5.74) is 10.5. The van der Waals surface area contributed by atoms with E-state index in [0.717, 1.165) is 16.8 Å². The van der Waals surface area contributed by atoms with Crippen LogP contribution in [-0.2, 0) is 9.59 Å². The van der Waals surface area contributed by atoms with Crippen molar-refractivity contribution in [3.63, 3.8) is 0 Å².